The summed E-state index contributed by atoms with van der Waals surface area (Å²) in [6, 6.07) is 7.32. The van der Waals surface area contributed by atoms with Crippen molar-refractivity contribution in [3.05, 3.63) is 39.4 Å². The molecule has 1 aliphatic carbocycles. The van der Waals surface area contributed by atoms with Crippen LogP contribution in [0.5, 0.6) is 0 Å². The number of likely N-dealkylation sites (tertiary alicyclic amines) is 1. The largest absolute Gasteiger partial charge is 0.368 e. The van der Waals surface area contributed by atoms with Gasteiger partial charge in [0.15, 0.2) is 0 Å². The maximum absolute atomic E-state index is 13.1. The first-order valence-corrected chi connectivity index (χ1v) is 9.40. The predicted octanol–water partition coefficient (Wildman–Crippen LogP) is 2.83. The molecular weight excluding hydrogens is 390 g/mol. The van der Waals surface area contributed by atoms with Gasteiger partial charge in [-0.05, 0) is 42.9 Å². The average Bonchev–Trinajstić information content (AvgIpc) is 3.02. The molecule has 1 aliphatic heterocycles. The zero-order chi connectivity index (χ0) is 17.0. The Morgan fingerprint density at radius 3 is 2.71 bits per heavy atom. The van der Waals surface area contributed by atoms with Crippen molar-refractivity contribution in [2.24, 2.45) is 17.6 Å². The third kappa shape index (κ3) is 2.56. The number of carbonyl (C=O) groups excluding carboxylic acids is 2. The zero-order valence-electron chi connectivity index (χ0n) is 13.0. The second-order valence-electron chi connectivity index (χ2n) is 6.38. The standard InChI is InChI=1S/C17H16BrN3O2S/c1-8-20-13(15(24-8)9-2-4-11(18)5-3-9)17(23)21-7-10-6-12(10)14(21)16(19)22/h2-5,10,12,14H,6-7H2,1H3,(H2,19,22)/t10-,12-,14-/m0/s1. The molecule has 0 spiro atoms. The SMILES string of the molecule is Cc1nc(C(=O)N2C[C@@H]3C[C@@H]3[C@H]2C(N)=O)c(-c2ccc(Br)cc2)s1. The van der Waals surface area contributed by atoms with Crippen LogP contribution in [-0.4, -0.2) is 34.3 Å². The fraction of sp³-hybridized carbons (Fsp3) is 0.353. The van der Waals surface area contributed by atoms with Gasteiger partial charge in [0.05, 0.1) is 9.88 Å². The number of piperidine rings is 1. The van der Waals surface area contributed by atoms with Crippen LogP contribution in [-0.2, 0) is 4.79 Å². The highest BCUT2D eigenvalue weighted by Gasteiger charge is 2.56. The molecule has 2 aromatic rings. The van der Waals surface area contributed by atoms with Crippen molar-refractivity contribution in [3.63, 3.8) is 0 Å². The summed E-state index contributed by atoms with van der Waals surface area (Å²) in [5.74, 6) is 0.0587. The summed E-state index contributed by atoms with van der Waals surface area (Å²) in [6.45, 7) is 2.49. The van der Waals surface area contributed by atoms with E-state index in [2.05, 4.69) is 20.9 Å². The first-order chi connectivity index (χ1) is 11.5. The van der Waals surface area contributed by atoms with Crippen LogP contribution in [0.1, 0.15) is 21.9 Å². The van der Waals surface area contributed by atoms with Crippen LogP contribution in [0, 0.1) is 18.8 Å². The summed E-state index contributed by atoms with van der Waals surface area (Å²) in [4.78, 5) is 31.8. The Hall–Kier alpha value is -1.73. The number of benzene rings is 1. The van der Waals surface area contributed by atoms with Gasteiger partial charge < -0.3 is 10.6 Å². The van der Waals surface area contributed by atoms with Crippen LogP contribution in [0.3, 0.4) is 0 Å². The molecular formula is C17H16BrN3O2S. The van der Waals surface area contributed by atoms with Crippen LogP contribution >= 0.6 is 27.3 Å². The molecule has 2 heterocycles. The number of hydrogen-bond donors (Lipinski definition) is 1. The Labute approximate surface area is 152 Å². The van der Waals surface area contributed by atoms with E-state index in [1.54, 1.807) is 4.90 Å². The number of amides is 2. The molecule has 0 radical (unpaired) electrons. The highest BCUT2D eigenvalue weighted by atomic mass is 79.9. The van der Waals surface area contributed by atoms with Crippen molar-refractivity contribution in [2.75, 3.05) is 6.54 Å². The number of thiazole rings is 1. The van der Waals surface area contributed by atoms with E-state index in [1.165, 1.54) is 11.3 Å². The summed E-state index contributed by atoms with van der Waals surface area (Å²) in [5.41, 5.74) is 6.91. The van der Waals surface area contributed by atoms with Gasteiger partial charge in [-0.2, -0.15) is 0 Å². The average molecular weight is 406 g/mol. The van der Waals surface area contributed by atoms with E-state index in [4.69, 9.17) is 5.73 Å². The molecule has 4 rings (SSSR count). The summed E-state index contributed by atoms with van der Waals surface area (Å²) in [6.07, 6.45) is 0.993. The second-order valence-corrected chi connectivity index (χ2v) is 8.50. The van der Waals surface area contributed by atoms with E-state index in [9.17, 15) is 9.59 Å². The number of aryl methyl sites for hydroxylation is 1. The highest BCUT2D eigenvalue weighted by molar-refractivity contribution is 9.10. The maximum atomic E-state index is 13.1. The number of aromatic nitrogens is 1. The van der Waals surface area contributed by atoms with Gasteiger partial charge in [-0.3, -0.25) is 9.59 Å². The molecule has 2 amide bonds. The van der Waals surface area contributed by atoms with Gasteiger partial charge in [0.25, 0.3) is 5.91 Å². The molecule has 2 N–H and O–H groups in total. The van der Waals surface area contributed by atoms with Crippen molar-refractivity contribution < 1.29 is 9.59 Å². The number of nitrogens with two attached hydrogens (primary N) is 1. The minimum absolute atomic E-state index is 0.187. The monoisotopic (exact) mass is 405 g/mol. The molecule has 2 aliphatic rings. The van der Waals surface area contributed by atoms with E-state index in [0.717, 1.165) is 26.3 Å². The van der Waals surface area contributed by atoms with E-state index in [0.29, 0.717) is 18.2 Å². The van der Waals surface area contributed by atoms with Crippen molar-refractivity contribution >= 4 is 39.1 Å². The summed E-state index contributed by atoms with van der Waals surface area (Å²) in [5, 5.41) is 0.830. The Kier molecular flexibility index (Phi) is 3.73. The van der Waals surface area contributed by atoms with E-state index < -0.39 is 11.9 Å². The Bertz CT molecular complexity index is 833. The molecule has 124 valence electrons. The number of carbonyl (C=O) groups is 2. The Balaban J connectivity index is 1.70. The lowest BCUT2D eigenvalue weighted by atomic mass is 10.1. The smallest absolute Gasteiger partial charge is 0.274 e. The van der Waals surface area contributed by atoms with E-state index in [1.807, 2.05) is 31.2 Å². The normalized spacial score (nSPS) is 24.8. The first-order valence-electron chi connectivity index (χ1n) is 7.79. The van der Waals surface area contributed by atoms with Gasteiger partial charge >= 0.3 is 0 Å². The van der Waals surface area contributed by atoms with Gasteiger partial charge in [0.1, 0.15) is 11.7 Å². The lowest BCUT2D eigenvalue weighted by molar-refractivity contribution is -0.122. The van der Waals surface area contributed by atoms with E-state index >= 15 is 0 Å². The van der Waals surface area contributed by atoms with Crippen LogP contribution in [0.4, 0.5) is 0 Å². The Morgan fingerprint density at radius 1 is 1.33 bits per heavy atom. The maximum Gasteiger partial charge on any atom is 0.274 e. The lowest BCUT2D eigenvalue weighted by Crippen LogP contribution is -2.46. The minimum Gasteiger partial charge on any atom is -0.368 e. The molecule has 5 nitrogen and oxygen atoms in total. The summed E-state index contributed by atoms with van der Waals surface area (Å²) in [7, 11) is 0. The summed E-state index contributed by atoms with van der Waals surface area (Å²) < 4.78 is 0.980. The summed E-state index contributed by atoms with van der Waals surface area (Å²) >= 11 is 4.91. The molecule has 3 atom stereocenters. The fourth-order valence-electron chi connectivity index (χ4n) is 3.54. The number of fused-ring (bicyclic) bond motifs is 1. The van der Waals surface area contributed by atoms with E-state index in [-0.39, 0.29) is 11.8 Å². The molecule has 7 heteroatoms. The Morgan fingerprint density at radius 2 is 2.04 bits per heavy atom. The van der Waals surface area contributed by atoms with Crippen LogP contribution in [0.25, 0.3) is 10.4 Å². The molecule has 1 aromatic carbocycles. The lowest BCUT2D eigenvalue weighted by Gasteiger charge is -2.24. The molecule has 1 saturated carbocycles. The molecule has 2 fully saturated rings. The molecule has 1 aromatic heterocycles. The van der Waals surface area contributed by atoms with Gasteiger partial charge in [0, 0.05) is 11.0 Å². The van der Waals surface area contributed by atoms with Crippen LogP contribution < -0.4 is 5.73 Å². The number of halogens is 1. The number of hydrogen-bond acceptors (Lipinski definition) is 4. The number of rotatable bonds is 3. The fourth-order valence-corrected chi connectivity index (χ4v) is 4.72. The topological polar surface area (TPSA) is 76.3 Å². The second kappa shape index (κ2) is 5.67. The number of nitrogens with zero attached hydrogens (tertiary/aromatic N) is 2. The molecule has 1 saturated heterocycles. The minimum atomic E-state index is -0.484. The van der Waals surface area contributed by atoms with Gasteiger partial charge in [-0.1, -0.05) is 28.1 Å². The van der Waals surface area contributed by atoms with Gasteiger partial charge in [0.2, 0.25) is 5.91 Å². The quantitative estimate of drug-likeness (QED) is 0.852. The predicted molar refractivity (Wildman–Crippen MR) is 95.6 cm³/mol. The third-order valence-electron chi connectivity index (χ3n) is 4.75. The first kappa shape index (κ1) is 15.8. The number of primary amides is 1. The van der Waals surface area contributed by atoms with Gasteiger partial charge in [-0.25, -0.2) is 4.98 Å². The van der Waals surface area contributed by atoms with Crippen molar-refractivity contribution in [1.29, 1.82) is 0 Å². The molecule has 0 unspecified atom stereocenters. The zero-order valence-corrected chi connectivity index (χ0v) is 15.4. The molecule has 0 bridgehead atoms. The van der Waals surface area contributed by atoms with Crippen LogP contribution in [0.15, 0.2) is 28.7 Å². The van der Waals surface area contributed by atoms with Crippen molar-refractivity contribution in [1.82, 2.24) is 9.88 Å². The van der Waals surface area contributed by atoms with Crippen molar-refractivity contribution in [2.45, 2.75) is 19.4 Å². The third-order valence-corrected chi connectivity index (χ3v) is 6.29. The van der Waals surface area contributed by atoms with Gasteiger partial charge in [-0.15, -0.1) is 11.3 Å². The van der Waals surface area contributed by atoms with Crippen molar-refractivity contribution in [3.8, 4) is 10.4 Å². The van der Waals surface area contributed by atoms with Crippen LogP contribution in [0.2, 0.25) is 0 Å². The molecule has 24 heavy (non-hydrogen) atoms. The highest BCUT2D eigenvalue weighted by Crippen LogP contribution is 2.50.